The minimum absolute atomic E-state index is 0.902. The van der Waals surface area contributed by atoms with Crippen LogP contribution < -0.4 is 26.4 Å². The smallest absolute Gasteiger partial charge is 0.200 e. The first-order valence-electron chi connectivity index (χ1n) is 16.9. The highest BCUT2D eigenvalue weighted by Crippen LogP contribution is 2.31. The summed E-state index contributed by atoms with van der Waals surface area (Å²) in [5, 5.41) is 2.47. The lowest BCUT2D eigenvalue weighted by Crippen LogP contribution is -2.81. The van der Waals surface area contributed by atoms with E-state index in [0.717, 1.165) is 11.4 Å². The molecule has 328 valence electrons. The van der Waals surface area contributed by atoms with Crippen LogP contribution >= 0.6 is 12.6 Å². The summed E-state index contributed by atoms with van der Waals surface area (Å²) in [5.41, 5.74) is -13.0. The first-order valence-corrected chi connectivity index (χ1v) is 17.4. The molecule has 0 aliphatic rings. The van der Waals surface area contributed by atoms with Crippen LogP contribution in [-0.4, -0.2) is 6.15 Å². The molecule has 7 aromatic rings. The lowest BCUT2D eigenvalue weighted by atomic mass is 9.12. The highest BCUT2D eigenvalue weighted by Gasteiger charge is 2.52. The van der Waals surface area contributed by atoms with Crippen LogP contribution in [0, 0.1) is 116 Å². The summed E-state index contributed by atoms with van der Waals surface area (Å²) in [7, 11) is 0. The number of aromatic nitrogens is 1. The average Bonchev–Trinajstić information content (AvgIpc) is 3.26. The van der Waals surface area contributed by atoms with Gasteiger partial charge in [-0.15, -0.1) is 34.5 Å². The zero-order valence-electron chi connectivity index (χ0n) is 30.1. The van der Waals surface area contributed by atoms with Gasteiger partial charge >= 0.3 is 0 Å². The predicted octanol–water partition coefficient (Wildman–Crippen LogP) is 9.31. The normalized spacial score (nSPS) is 11.6. The fourth-order valence-electron chi connectivity index (χ4n) is 6.99. The van der Waals surface area contributed by atoms with Crippen molar-refractivity contribution in [1.82, 2.24) is 0 Å². The van der Waals surface area contributed by atoms with Gasteiger partial charge in [0.1, 0.15) is 52.7 Å². The van der Waals surface area contributed by atoms with Gasteiger partial charge in [0.25, 0.3) is 0 Å². The monoisotopic (exact) mass is 931 g/mol. The molecule has 0 amide bonds. The first-order chi connectivity index (χ1) is 29.5. The molecule has 7 rings (SSSR count). The molecule has 1 heterocycles. The number of fused-ring (bicyclic) bond motifs is 1. The maximum atomic E-state index is 15.4. The maximum Gasteiger partial charge on any atom is 0.200 e. The van der Waals surface area contributed by atoms with Gasteiger partial charge < -0.3 is 0 Å². The second-order valence-electron chi connectivity index (χ2n) is 13.2. The minimum atomic E-state index is -7.22. The number of hydrogen-bond acceptors (Lipinski definition) is 1. The van der Waals surface area contributed by atoms with Crippen molar-refractivity contribution in [3.63, 3.8) is 0 Å². The predicted molar refractivity (Wildman–Crippen MR) is 186 cm³/mol. The summed E-state index contributed by atoms with van der Waals surface area (Å²) >= 11 is 4.36. The van der Waals surface area contributed by atoms with Gasteiger partial charge in [0.2, 0.25) is 0 Å². The van der Waals surface area contributed by atoms with E-state index in [2.05, 4.69) is 72.1 Å². The van der Waals surface area contributed by atoms with Crippen molar-refractivity contribution in [1.29, 1.82) is 0 Å². The number of halogens is 20. The molecule has 0 saturated heterocycles. The van der Waals surface area contributed by atoms with Crippen LogP contribution in [-0.2, 0) is 6.54 Å². The van der Waals surface area contributed by atoms with Crippen molar-refractivity contribution in [2.24, 2.45) is 0 Å². The van der Waals surface area contributed by atoms with Crippen LogP contribution in [0.25, 0.3) is 10.8 Å². The Morgan fingerprint density at radius 3 is 0.968 bits per heavy atom. The lowest BCUT2D eigenvalue weighted by molar-refractivity contribution is -0.687. The molecular weight excluding hydrogens is 917 g/mol. The van der Waals surface area contributed by atoms with E-state index in [1.54, 1.807) is 0 Å². The molecule has 23 heteroatoms. The van der Waals surface area contributed by atoms with E-state index in [9.17, 15) is 52.7 Å². The average molecular weight is 931 g/mol. The zero-order chi connectivity index (χ0) is 46.7. The SMILES string of the molecule is Fc1c(F)c(F)c([B-](c2c(F)c(F)c(F)c(F)c2F)(c2c(F)c(F)c(F)c(F)c2F)c2c(F)c(F)c(F)c(F)c2F)c(F)c1F.Sc1ccc2c[n+](Cc3ccccc3)ccc2c1. The van der Waals surface area contributed by atoms with E-state index >= 15 is 35.1 Å². The molecule has 6 aromatic carbocycles. The topological polar surface area (TPSA) is 3.88 Å². The van der Waals surface area contributed by atoms with E-state index < -0.39 is 144 Å². The number of rotatable bonds is 6. The molecule has 0 radical (unpaired) electrons. The van der Waals surface area contributed by atoms with Crippen LogP contribution in [0.5, 0.6) is 0 Å². The van der Waals surface area contributed by atoms with Crippen molar-refractivity contribution in [2.75, 3.05) is 0 Å². The van der Waals surface area contributed by atoms with Crippen LogP contribution in [0.15, 0.2) is 71.9 Å². The Bertz CT molecular complexity index is 2620. The molecule has 1 aromatic heterocycles. The summed E-state index contributed by atoms with van der Waals surface area (Å²) in [5.74, 6) is -71.4. The molecular formula is C40H14BF20NS. The van der Waals surface area contributed by atoms with Crippen LogP contribution in [0.1, 0.15) is 5.56 Å². The summed E-state index contributed by atoms with van der Waals surface area (Å²) in [6.07, 6.45) is -2.93. The zero-order valence-corrected chi connectivity index (χ0v) is 31.0. The fraction of sp³-hybridized carbons (Fsp3) is 0.0250. The highest BCUT2D eigenvalue weighted by molar-refractivity contribution is 7.80. The summed E-state index contributed by atoms with van der Waals surface area (Å²) < 4.78 is 296. The second-order valence-corrected chi connectivity index (χ2v) is 13.7. The van der Waals surface area contributed by atoms with E-state index in [4.69, 9.17) is 0 Å². The number of nitrogens with zero attached hydrogens (tertiary/aromatic N) is 1. The quantitative estimate of drug-likeness (QED) is 0.0424. The third kappa shape index (κ3) is 7.38. The van der Waals surface area contributed by atoms with Crippen LogP contribution in [0.4, 0.5) is 87.8 Å². The highest BCUT2D eigenvalue weighted by atomic mass is 32.1. The van der Waals surface area contributed by atoms with Gasteiger partial charge in [-0.05, 0) is 23.6 Å². The summed E-state index contributed by atoms with van der Waals surface area (Å²) in [4.78, 5) is 1.00. The Labute approximate surface area is 343 Å². The van der Waals surface area contributed by atoms with E-state index in [-0.39, 0.29) is 0 Å². The number of thiol groups is 1. The fourth-order valence-corrected chi connectivity index (χ4v) is 7.20. The Morgan fingerprint density at radius 1 is 0.349 bits per heavy atom. The van der Waals surface area contributed by atoms with Crippen molar-refractivity contribution in [3.8, 4) is 0 Å². The van der Waals surface area contributed by atoms with Gasteiger partial charge in [-0.2, -0.15) is 0 Å². The van der Waals surface area contributed by atoms with Gasteiger partial charge in [0, 0.05) is 21.9 Å². The molecule has 63 heavy (non-hydrogen) atoms. The van der Waals surface area contributed by atoms with Crippen LogP contribution in [0.2, 0.25) is 0 Å². The van der Waals surface area contributed by atoms with Crippen molar-refractivity contribution < 1.29 is 92.4 Å². The van der Waals surface area contributed by atoms with E-state index in [1.165, 1.54) is 16.3 Å². The minimum Gasteiger partial charge on any atom is -0.207 e. The molecule has 0 fully saturated rings. The molecule has 0 unspecified atom stereocenters. The van der Waals surface area contributed by atoms with Gasteiger partial charge in [0.15, 0.2) is 88.7 Å². The van der Waals surface area contributed by atoms with Gasteiger partial charge in [-0.3, -0.25) is 0 Å². The second kappa shape index (κ2) is 17.1. The molecule has 0 N–H and O–H groups in total. The summed E-state index contributed by atoms with van der Waals surface area (Å²) in [6, 6.07) is 18.8. The molecule has 0 bridgehead atoms. The third-order valence-electron chi connectivity index (χ3n) is 9.74. The number of pyridine rings is 1. The molecule has 0 aliphatic carbocycles. The summed E-state index contributed by atoms with van der Waals surface area (Å²) in [6.45, 7) is 0.902. The Morgan fingerprint density at radius 2 is 0.651 bits per heavy atom. The molecule has 1 nitrogen and oxygen atoms in total. The molecule has 0 saturated carbocycles. The van der Waals surface area contributed by atoms with Crippen molar-refractivity contribution in [2.45, 2.75) is 11.4 Å². The van der Waals surface area contributed by atoms with Gasteiger partial charge in [-0.1, -0.05) is 30.3 Å². The number of benzene rings is 6. The van der Waals surface area contributed by atoms with E-state index in [0.29, 0.717) is 0 Å². The van der Waals surface area contributed by atoms with Crippen LogP contribution in [0.3, 0.4) is 0 Å². The maximum absolute atomic E-state index is 15.4. The molecule has 0 aliphatic heterocycles. The Balaban J connectivity index is 0.000000302. The number of hydrogen-bond donors (Lipinski definition) is 1. The van der Waals surface area contributed by atoms with E-state index in [1.807, 2.05) is 12.1 Å². The Hall–Kier alpha value is -6.26. The van der Waals surface area contributed by atoms with Gasteiger partial charge in [0.05, 0.1) is 0 Å². The van der Waals surface area contributed by atoms with Crippen molar-refractivity contribution >= 4 is 51.4 Å². The first kappa shape index (κ1) is 46.3. The molecule has 0 spiro atoms. The Kier molecular flexibility index (Phi) is 12.6. The lowest BCUT2D eigenvalue weighted by Gasteiger charge is -2.44. The largest absolute Gasteiger partial charge is 0.207 e. The molecule has 0 atom stereocenters. The standard InChI is InChI=1S/C24BF20.C16H13NS/c26-5-1(6(27)14(35)21(42)13(5)34)25(2-7(28)15(36)22(43)16(37)8(2)29,3-9(30)17(38)23(44)18(39)10(3)31)4-11(32)19(40)24(45)20(41)12(4)33;18-16-7-6-15-12-17(9-8-14(15)10-16)11-13-4-2-1-3-5-13/h;1-10,12H,11H2/q-1;/p+1. The van der Waals surface area contributed by atoms with Crippen molar-refractivity contribution in [3.05, 3.63) is 189 Å². The third-order valence-corrected chi connectivity index (χ3v) is 10.0. The van der Waals surface area contributed by atoms with Gasteiger partial charge in [-0.25, -0.2) is 92.4 Å².